The Morgan fingerprint density at radius 2 is 2.17 bits per heavy atom. The highest BCUT2D eigenvalue weighted by molar-refractivity contribution is 5.42. The highest BCUT2D eigenvalue weighted by Crippen LogP contribution is 2.20. The Labute approximate surface area is 108 Å². The van der Waals surface area contributed by atoms with Gasteiger partial charge in [0.2, 0.25) is 0 Å². The van der Waals surface area contributed by atoms with Crippen molar-refractivity contribution < 1.29 is 9.84 Å². The van der Waals surface area contributed by atoms with Crippen LogP contribution < -0.4 is 10.1 Å². The number of nitrogens with one attached hydrogen (secondary N) is 1. The van der Waals surface area contributed by atoms with Crippen molar-refractivity contribution in [2.75, 3.05) is 13.7 Å². The van der Waals surface area contributed by atoms with Gasteiger partial charge in [0, 0.05) is 18.2 Å². The number of nitriles is 1. The van der Waals surface area contributed by atoms with Crippen molar-refractivity contribution in [3.05, 3.63) is 29.3 Å². The maximum absolute atomic E-state index is 9.25. The summed E-state index contributed by atoms with van der Waals surface area (Å²) >= 11 is 0. The number of hydrogen-bond acceptors (Lipinski definition) is 4. The van der Waals surface area contributed by atoms with E-state index in [9.17, 15) is 5.11 Å². The average molecular weight is 248 g/mol. The molecule has 0 bridgehead atoms. The molecule has 1 aromatic rings. The molecule has 1 aromatic carbocycles. The average Bonchev–Trinajstić information content (AvgIpc) is 2.39. The maximum Gasteiger partial charge on any atom is 0.124 e. The molecule has 0 aliphatic carbocycles. The number of aliphatic hydroxyl groups is 1. The summed E-state index contributed by atoms with van der Waals surface area (Å²) in [6.45, 7) is 4.84. The van der Waals surface area contributed by atoms with Crippen LogP contribution in [0.5, 0.6) is 5.75 Å². The largest absolute Gasteiger partial charge is 0.496 e. The molecular formula is C14H20N2O2. The van der Waals surface area contributed by atoms with E-state index >= 15 is 0 Å². The summed E-state index contributed by atoms with van der Waals surface area (Å²) in [5.74, 6) is 1.06. The van der Waals surface area contributed by atoms with Crippen molar-refractivity contribution in [2.45, 2.75) is 26.4 Å². The number of nitrogens with zero attached hydrogens (tertiary/aromatic N) is 1. The quantitative estimate of drug-likeness (QED) is 0.803. The first-order chi connectivity index (χ1) is 8.62. The highest BCUT2D eigenvalue weighted by atomic mass is 16.5. The number of methoxy groups -OCH3 is 1. The third kappa shape index (κ3) is 3.73. The second kappa shape index (κ2) is 7.00. The van der Waals surface area contributed by atoms with Crippen LogP contribution in [0.15, 0.2) is 18.2 Å². The third-order valence-electron chi connectivity index (χ3n) is 2.97. The van der Waals surface area contributed by atoms with Crippen LogP contribution in [-0.2, 0) is 6.54 Å². The van der Waals surface area contributed by atoms with Gasteiger partial charge in [0.15, 0.2) is 0 Å². The Kier molecular flexibility index (Phi) is 5.63. The summed E-state index contributed by atoms with van der Waals surface area (Å²) in [7, 11) is 1.59. The van der Waals surface area contributed by atoms with Gasteiger partial charge >= 0.3 is 0 Å². The molecule has 0 amide bonds. The van der Waals surface area contributed by atoms with E-state index in [1.165, 1.54) is 0 Å². The van der Waals surface area contributed by atoms with E-state index in [0.717, 1.165) is 5.56 Å². The monoisotopic (exact) mass is 248 g/mol. The zero-order valence-electron chi connectivity index (χ0n) is 11.1. The summed E-state index contributed by atoms with van der Waals surface area (Å²) in [5.41, 5.74) is 1.56. The lowest BCUT2D eigenvalue weighted by molar-refractivity contribution is 0.209. The molecule has 0 radical (unpaired) electrons. The van der Waals surface area contributed by atoms with Crippen molar-refractivity contribution in [3.63, 3.8) is 0 Å². The summed E-state index contributed by atoms with van der Waals surface area (Å²) < 4.78 is 5.26. The minimum Gasteiger partial charge on any atom is -0.496 e. The lowest BCUT2D eigenvalue weighted by Gasteiger charge is -2.20. The number of benzene rings is 1. The minimum atomic E-state index is 0.0605. The van der Waals surface area contributed by atoms with Crippen molar-refractivity contribution >= 4 is 0 Å². The van der Waals surface area contributed by atoms with Crippen molar-refractivity contribution in [2.24, 2.45) is 5.92 Å². The molecular weight excluding hydrogens is 228 g/mol. The van der Waals surface area contributed by atoms with Gasteiger partial charge in [-0.15, -0.1) is 0 Å². The molecule has 1 atom stereocenters. The van der Waals surface area contributed by atoms with Crippen LogP contribution in [0.1, 0.15) is 25.0 Å². The SMILES string of the molecule is COc1cc(C#N)ccc1CN[C@H](CO)C(C)C. The van der Waals surface area contributed by atoms with E-state index in [2.05, 4.69) is 25.2 Å². The standard InChI is InChI=1S/C14H20N2O2/c1-10(2)13(9-17)16-8-12-5-4-11(7-15)6-14(12)18-3/h4-6,10,13,16-17H,8-9H2,1-3H3/t13-/m1/s1. The van der Waals surface area contributed by atoms with Crippen LogP contribution in [-0.4, -0.2) is 24.9 Å². The fourth-order valence-corrected chi connectivity index (χ4v) is 1.71. The molecule has 0 aliphatic heterocycles. The van der Waals surface area contributed by atoms with E-state index in [1.807, 2.05) is 6.07 Å². The summed E-state index contributed by atoms with van der Waals surface area (Å²) in [5, 5.41) is 21.4. The molecule has 0 aliphatic rings. The molecule has 0 spiro atoms. The Morgan fingerprint density at radius 3 is 2.67 bits per heavy atom. The van der Waals surface area contributed by atoms with Crippen LogP contribution >= 0.6 is 0 Å². The van der Waals surface area contributed by atoms with E-state index in [0.29, 0.717) is 23.8 Å². The van der Waals surface area contributed by atoms with E-state index in [1.54, 1.807) is 19.2 Å². The normalized spacial score (nSPS) is 12.2. The van der Waals surface area contributed by atoms with Crippen LogP contribution in [0.3, 0.4) is 0 Å². The van der Waals surface area contributed by atoms with Crippen molar-refractivity contribution in [1.82, 2.24) is 5.32 Å². The minimum absolute atomic E-state index is 0.0605. The van der Waals surface area contributed by atoms with E-state index < -0.39 is 0 Å². The summed E-state index contributed by atoms with van der Waals surface area (Å²) in [4.78, 5) is 0. The predicted molar refractivity (Wildman–Crippen MR) is 70.3 cm³/mol. The van der Waals surface area contributed by atoms with Gasteiger partial charge < -0.3 is 15.2 Å². The molecule has 0 saturated heterocycles. The smallest absolute Gasteiger partial charge is 0.124 e. The van der Waals surface area contributed by atoms with E-state index in [4.69, 9.17) is 10.00 Å². The van der Waals surface area contributed by atoms with Gasteiger partial charge in [-0.05, 0) is 18.1 Å². The molecule has 4 heteroatoms. The van der Waals surface area contributed by atoms with Gasteiger partial charge in [-0.25, -0.2) is 0 Å². The Hall–Kier alpha value is -1.57. The van der Waals surface area contributed by atoms with Gasteiger partial charge in [0.1, 0.15) is 5.75 Å². The molecule has 2 N–H and O–H groups in total. The number of ether oxygens (including phenoxy) is 1. The molecule has 0 fully saturated rings. The molecule has 98 valence electrons. The first kappa shape index (κ1) is 14.5. The molecule has 18 heavy (non-hydrogen) atoms. The summed E-state index contributed by atoms with van der Waals surface area (Å²) in [6.07, 6.45) is 0. The van der Waals surface area contributed by atoms with Gasteiger partial charge in [0.25, 0.3) is 0 Å². The summed E-state index contributed by atoms with van der Waals surface area (Å²) in [6, 6.07) is 7.51. The van der Waals surface area contributed by atoms with Gasteiger partial charge in [-0.1, -0.05) is 19.9 Å². The molecule has 1 rings (SSSR count). The highest BCUT2D eigenvalue weighted by Gasteiger charge is 2.12. The second-order valence-electron chi connectivity index (χ2n) is 4.55. The zero-order valence-corrected chi connectivity index (χ0v) is 11.1. The van der Waals surface area contributed by atoms with E-state index in [-0.39, 0.29) is 12.6 Å². The third-order valence-corrected chi connectivity index (χ3v) is 2.97. The van der Waals surface area contributed by atoms with Gasteiger partial charge in [0.05, 0.1) is 25.3 Å². The van der Waals surface area contributed by atoms with Gasteiger partial charge in [-0.2, -0.15) is 5.26 Å². The molecule has 0 aromatic heterocycles. The maximum atomic E-state index is 9.25. The molecule has 0 heterocycles. The van der Waals surface area contributed by atoms with Crippen LogP contribution in [0.25, 0.3) is 0 Å². The van der Waals surface area contributed by atoms with Crippen LogP contribution in [0.4, 0.5) is 0 Å². The Balaban J connectivity index is 2.76. The lowest BCUT2D eigenvalue weighted by atomic mass is 10.0. The molecule has 0 saturated carbocycles. The number of aliphatic hydroxyl groups excluding tert-OH is 1. The van der Waals surface area contributed by atoms with Gasteiger partial charge in [-0.3, -0.25) is 0 Å². The first-order valence-corrected chi connectivity index (χ1v) is 6.03. The molecule has 0 unspecified atom stereocenters. The van der Waals surface area contributed by atoms with Crippen molar-refractivity contribution in [3.8, 4) is 11.8 Å². The number of rotatable bonds is 6. The Morgan fingerprint density at radius 1 is 1.44 bits per heavy atom. The zero-order chi connectivity index (χ0) is 13.5. The van der Waals surface area contributed by atoms with Crippen molar-refractivity contribution in [1.29, 1.82) is 5.26 Å². The number of hydrogen-bond donors (Lipinski definition) is 2. The Bertz CT molecular complexity index is 424. The lowest BCUT2D eigenvalue weighted by Crippen LogP contribution is -2.36. The van der Waals surface area contributed by atoms with Crippen LogP contribution in [0.2, 0.25) is 0 Å². The fraction of sp³-hybridized carbons (Fsp3) is 0.500. The predicted octanol–water partition coefficient (Wildman–Crippen LogP) is 1.67. The second-order valence-corrected chi connectivity index (χ2v) is 4.55. The van der Waals surface area contributed by atoms with Crippen LogP contribution in [0, 0.1) is 17.2 Å². The fourth-order valence-electron chi connectivity index (χ4n) is 1.71. The topological polar surface area (TPSA) is 65.3 Å². The molecule has 4 nitrogen and oxygen atoms in total. The first-order valence-electron chi connectivity index (χ1n) is 6.03.